The zero-order chi connectivity index (χ0) is 9.97. The van der Waals surface area contributed by atoms with Gasteiger partial charge in [-0.2, -0.15) is 5.26 Å². The van der Waals surface area contributed by atoms with Crippen molar-refractivity contribution in [3.8, 4) is 6.07 Å². The molecule has 72 valence electrons. The van der Waals surface area contributed by atoms with Gasteiger partial charge in [0, 0.05) is 6.20 Å². The van der Waals surface area contributed by atoms with E-state index in [0.29, 0.717) is 5.92 Å². The van der Waals surface area contributed by atoms with Crippen LogP contribution in [0.5, 0.6) is 0 Å². The molecule has 0 spiro atoms. The van der Waals surface area contributed by atoms with Gasteiger partial charge in [0.15, 0.2) is 0 Å². The van der Waals surface area contributed by atoms with Crippen molar-refractivity contribution in [2.45, 2.75) is 31.6 Å². The van der Waals surface area contributed by atoms with E-state index in [1.54, 1.807) is 12.3 Å². The van der Waals surface area contributed by atoms with Crippen molar-refractivity contribution >= 4 is 0 Å². The van der Waals surface area contributed by atoms with Crippen LogP contribution in [0.15, 0.2) is 17.1 Å². The molecule has 1 fully saturated rings. The third-order valence-electron chi connectivity index (χ3n) is 2.87. The average Bonchev–Trinajstić information content (AvgIpc) is 2.71. The van der Waals surface area contributed by atoms with Crippen LogP contribution < -0.4 is 5.56 Å². The van der Waals surface area contributed by atoms with E-state index in [-0.39, 0.29) is 11.1 Å². The van der Waals surface area contributed by atoms with Gasteiger partial charge in [-0.3, -0.25) is 4.79 Å². The van der Waals surface area contributed by atoms with Gasteiger partial charge in [0.2, 0.25) is 0 Å². The Morgan fingerprint density at radius 3 is 2.79 bits per heavy atom. The molecule has 14 heavy (non-hydrogen) atoms. The molecule has 0 atom stereocenters. The maximum atomic E-state index is 11.1. The second-order valence-electron chi connectivity index (χ2n) is 3.77. The maximum absolute atomic E-state index is 11.1. The van der Waals surface area contributed by atoms with Crippen LogP contribution in [-0.4, -0.2) is 4.98 Å². The van der Waals surface area contributed by atoms with Crippen molar-refractivity contribution in [3.63, 3.8) is 0 Å². The summed E-state index contributed by atoms with van der Waals surface area (Å²) in [5, 5.41) is 8.72. The molecule has 1 aliphatic rings. The van der Waals surface area contributed by atoms with Gasteiger partial charge >= 0.3 is 0 Å². The van der Waals surface area contributed by atoms with Crippen LogP contribution in [0.3, 0.4) is 0 Å². The first-order valence-electron chi connectivity index (χ1n) is 4.94. The Bertz CT molecular complexity index is 422. The van der Waals surface area contributed by atoms with Crippen LogP contribution in [0.25, 0.3) is 0 Å². The highest BCUT2D eigenvalue weighted by Crippen LogP contribution is 2.33. The van der Waals surface area contributed by atoms with Gasteiger partial charge in [0.25, 0.3) is 5.56 Å². The second kappa shape index (κ2) is 3.67. The summed E-state index contributed by atoms with van der Waals surface area (Å²) in [6.07, 6.45) is 6.62. The first-order chi connectivity index (χ1) is 6.81. The monoisotopic (exact) mass is 188 g/mol. The lowest BCUT2D eigenvalue weighted by Crippen LogP contribution is -2.10. The van der Waals surface area contributed by atoms with Crippen molar-refractivity contribution in [1.82, 2.24) is 4.98 Å². The second-order valence-corrected chi connectivity index (χ2v) is 3.77. The molecule has 1 saturated carbocycles. The fourth-order valence-corrected chi connectivity index (χ4v) is 2.08. The van der Waals surface area contributed by atoms with Crippen molar-refractivity contribution in [3.05, 3.63) is 33.7 Å². The molecule has 3 heteroatoms. The van der Waals surface area contributed by atoms with Crippen molar-refractivity contribution in [2.75, 3.05) is 0 Å². The Balaban J connectivity index is 2.36. The Morgan fingerprint density at radius 2 is 2.14 bits per heavy atom. The molecular weight excluding hydrogens is 176 g/mol. The lowest BCUT2D eigenvalue weighted by atomic mass is 9.98. The zero-order valence-corrected chi connectivity index (χ0v) is 7.92. The molecule has 0 aliphatic heterocycles. The first-order valence-corrected chi connectivity index (χ1v) is 4.94. The highest BCUT2D eigenvalue weighted by Gasteiger charge is 2.17. The zero-order valence-electron chi connectivity index (χ0n) is 7.92. The Morgan fingerprint density at radius 1 is 1.43 bits per heavy atom. The quantitative estimate of drug-likeness (QED) is 0.731. The summed E-state index contributed by atoms with van der Waals surface area (Å²) in [6.45, 7) is 0. The normalized spacial score (nSPS) is 16.8. The van der Waals surface area contributed by atoms with Gasteiger partial charge in [-0.05, 0) is 30.4 Å². The van der Waals surface area contributed by atoms with Crippen LogP contribution in [0, 0.1) is 11.3 Å². The summed E-state index contributed by atoms with van der Waals surface area (Å²) in [6, 6.07) is 3.65. The van der Waals surface area contributed by atoms with Gasteiger partial charge in [-0.1, -0.05) is 12.8 Å². The number of aromatic nitrogens is 1. The molecule has 1 N–H and O–H groups in total. The lowest BCUT2D eigenvalue weighted by molar-refractivity contribution is 0.718. The molecule has 0 bridgehead atoms. The Kier molecular flexibility index (Phi) is 2.36. The Hall–Kier alpha value is -1.56. The molecule has 0 aromatic carbocycles. The third kappa shape index (κ3) is 1.56. The van der Waals surface area contributed by atoms with Gasteiger partial charge in [-0.25, -0.2) is 0 Å². The summed E-state index contributed by atoms with van der Waals surface area (Å²) >= 11 is 0. The average molecular weight is 188 g/mol. The number of nitrogens with one attached hydrogen (secondary N) is 1. The molecule has 3 nitrogen and oxygen atoms in total. The number of hydrogen-bond acceptors (Lipinski definition) is 2. The fourth-order valence-electron chi connectivity index (χ4n) is 2.08. The van der Waals surface area contributed by atoms with Crippen LogP contribution in [0.4, 0.5) is 0 Å². The van der Waals surface area contributed by atoms with Crippen molar-refractivity contribution < 1.29 is 0 Å². The molecule has 0 radical (unpaired) electrons. The molecule has 0 amide bonds. The highest BCUT2D eigenvalue weighted by atomic mass is 16.1. The molecule has 1 heterocycles. The number of H-pyrrole nitrogens is 1. The van der Waals surface area contributed by atoms with E-state index in [4.69, 9.17) is 5.26 Å². The number of rotatable bonds is 1. The molecule has 2 rings (SSSR count). The van der Waals surface area contributed by atoms with Crippen LogP contribution in [-0.2, 0) is 0 Å². The smallest absolute Gasteiger partial charge is 0.265 e. The number of hydrogen-bond donors (Lipinski definition) is 1. The highest BCUT2D eigenvalue weighted by molar-refractivity contribution is 5.31. The van der Waals surface area contributed by atoms with E-state index in [1.807, 2.05) is 6.07 Å². The van der Waals surface area contributed by atoms with E-state index in [1.165, 1.54) is 25.7 Å². The SMILES string of the molecule is N#Cc1cc(C2CCCC2)c[nH]c1=O. The summed E-state index contributed by atoms with van der Waals surface area (Å²) in [5.74, 6) is 0.541. The first kappa shape index (κ1) is 9.01. The minimum absolute atomic E-state index is 0.231. The minimum atomic E-state index is -0.283. The molecule has 1 aromatic rings. The minimum Gasteiger partial charge on any atom is -0.328 e. The van der Waals surface area contributed by atoms with E-state index in [9.17, 15) is 4.79 Å². The van der Waals surface area contributed by atoms with Gasteiger partial charge in [0.1, 0.15) is 11.6 Å². The summed E-state index contributed by atoms with van der Waals surface area (Å²) in [4.78, 5) is 13.8. The number of nitriles is 1. The molecule has 1 aromatic heterocycles. The number of nitrogens with zero attached hydrogens (tertiary/aromatic N) is 1. The summed E-state index contributed by atoms with van der Waals surface area (Å²) in [7, 11) is 0. The Labute approximate surface area is 82.4 Å². The van der Waals surface area contributed by atoms with Gasteiger partial charge in [-0.15, -0.1) is 0 Å². The van der Waals surface area contributed by atoms with Crippen molar-refractivity contribution in [2.24, 2.45) is 0 Å². The molecule has 1 aliphatic carbocycles. The summed E-state index contributed by atoms with van der Waals surface area (Å²) < 4.78 is 0. The molecule has 0 unspecified atom stereocenters. The van der Waals surface area contributed by atoms with Crippen LogP contribution >= 0.6 is 0 Å². The van der Waals surface area contributed by atoms with Crippen molar-refractivity contribution in [1.29, 1.82) is 5.26 Å². The summed E-state index contributed by atoms with van der Waals surface area (Å²) in [5.41, 5.74) is 1.06. The fraction of sp³-hybridized carbons (Fsp3) is 0.455. The van der Waals surface area contributed by atoms with E-state index >= 15 is 0 Å². The number of aromatic amines is 1. The maximum Gasteiger partial charge on any atom is 0.265 e. The molecule has 0 saturated heterocycles. The lowest BCUT2D eigenvalue weighted by Gasteiger charge is -2.08. The largest absolute Gasteiger partial charge is 0.328 e. The van der Waals surface area contributed by atoms with E-state index in [0.717, 1.165) is 5.56 Å². The van der Waals surface area contributed by atoms with Gasteiger partial charge < -0.3 is 4.98 Å². The van der Waals surface area contributed by atoms with Crippen LogP contribution in [0.1, 0.15) is 42.7 Å². The third-order valence-corrected chi connectivity index (χ3v) is 2.87. The van der Waals surface area contributed by atoms with Gasteiger partial charge in [0.05, 0.1) is 0 Å². The predicted molar refractivity (Wildman–Crippen MR) is 53.0 cm³/mol. The van der Waals surface area contributed by atoms with Crippen LogP contribution in [0.2, 0.25) is 0 Å². The van der Waals surface area contributed by atoms with E-state index in [2.05, 4.69) is 4.98 Å². The van der Waals surface area contributed by atoms with E-state index < -0.39 is 0 Å². The topological polar surface area (TPSA) is 56.6 Å². The standard InChI is InChI=1S/C11H12N2O/c12-6-9-5-10(7-13-11(9)14)8-3-1-2-4-8/h5,7-8H,1-4H2,(H,13,14). The predicted octanol–water partition coefficient (Wildman–Crippen LogP) is 1.90. The number of pyridine rings is 1. The molecular formula is C11H12N2O.